The van der Waals surface area contributed by atoms with Gasteiger partial charge in [-0.15, -0.1) is 0 Å². The van der Waals surface area contributed by atoms with E-state index in [2.05, 4.69) is 0 Å². The molecule has 0 spiro atoms. The number of halogens is 2. The Hall–Kier alpha value is -1.77. The number of fused-ring (bicyclic) bond motifs is 1. The van der Waals surface area contributed by atoms with Crippen LogP contribution in [0.2, 0.25) is 10.0 Å². The molecule has 1 aromatic heterocycles. The zero-order valence-electron chi connectivity index (χ0n) is 9.69. The highest BCUT2D eigenvalue weighted by molar-refractivity contribution is 6.33. The fraction of sp³-hybridized carbons (Fsp3) is 0. The molecule has 0 saturated heterocycles. The summed E-state index contributed by atoms with van der Waals surface area (Å²) >= 11 is 12.0. The number of hydrogen-bond donors (Lipinski definition) is 0. The molecule has 3 rings (SSSR count). The van der Waals surface area contributed by atoms with Crippen LogP contribution in [-0.2, 0) is 0 Å². The standard InChI is InChI=1S/C15H8Cl2O2/c16-9-5-6-14-11(7-9)15(18)12(8-19-14)10-3-1-2-4-13(10)17/h1-8H. The first-order valence-electron chi connectivity index (χ1n) is 5.63. The van der Waals surface area contributed by atoms with E-state index in [9.17, 15) is 4.79 Å². The van der Waals surface area contributed by atoms with Crippen LogP contribution in [0, 0.1) is 0 Å². The van der Waals surface area contributed by atoms with Crippen LogP contribution >= 0.6 is 23.2 Å². The van der Waals surface area contributed by atoms with Gasteiger partial charge in [0, 0.05) is 15.6 Å². The largest absolute Gasteiger partial charge is 0.463 e. The Balaban J connectivity index is 2.35. The fourth-order valence-electron chi connectivity index (χ4n) is 1.97. The molecule has 0 amide bonds. The van der Waals surface area contributed by atoms with Crippen molar-refractivity contribution in [3.8, 4) is 11.1 Å². The van der Waals surface area contributed by atoms with Crippen molar-refractivity contribution in [3.63, 3.8) is 0 Å². The summed E-state index contributed by atoms with van der Waals surface area (Å²) in [5.41, 5.74) is 1.45. The Morgan fingerprint density at radius 2 is 1.74 bits per heavy atom. The van der Waals surface area contributed by atoms with Crippen molar-refractivity contribution < 1.29 is 4.42 Å². The number of rotatable bonds is 1. The van der Waals surface area contributed by atoms with Gasteiger partial charge in [-0.1, -0.05) is 41.4 Å². The van der Waals surface area contributed by atoms with Gasteiger partial charge in [0.1, 0.15) is 11.8 Å². The number of benzene rings is 2. The van der Waals surface area contributed by atoms with Crippen LogP contribution in [0.25, 0.3) is 22.1 Å². The van der Waals surface area contributed by atoms with Crippen LogP contribution < -0.4 is 5.43 Å². The summed E-state index contributed by atoms with van der Waals surface area (Å²) in [6.07, 6.45) is 1.43. The summed E-state index contributed by atoms with van der Waals surface area (Å²) in [5, 5.41) is 1.46. The van der Waals surface area contributed by atoms with Crippen LogP contribution in [-0.4, -0.2) is 0 Å². The molecule has 0 aliphatic carbocycles. The molecule has 0 unspecified atom stereocenters. The quantitative estimate of drug-likeness (QED) is 0.646. The minimum atomic E-state index is -0.142. The minimum absolute atomic E-state index is 0.142. The first-order chi connectivity index (χ1) is 9.16. The van der Waals surface area contributed by atoms with E-state index in [1.807, 2.05) is 12.1 Å². The first kappa shape index (κ1) is 12.3. The van der Waals surface area contributed by atoms with Crippen LogP contribution in [0.4, 0.5) is 0 Å². The van der Waals surface area contributed by atoms with Crippen molar-refractivity contribution in [3.05, 3.63) is 69.0 Å². The van der Waals surface area contributed by atoms with E-state index in [4.69, 9.17) is 27.6 Å². The van der Waals surface area contributed by atoms with Crippen molar-refractivity contribution in [2.24, 2.45) is 0 Å². The zero-order valence-corrected chi connectivity index (χ0v) is 11.2. The lowest BCUT2D eigenvalue weighted by atomic mass is 10.1. The Morgan fingerprint density at radius 3 is 2.53 bits per heavy atom. The van der Waals surface area contributed by atoms with Crippen molar-refractivity contribution >= 4 is 34.2 Å². The Bertz CT molecular complexity index is 822. The van der Waals surface area contributed by atoms with Gasteiger partial charge in [-0.3, -0.25) is 4.79 Å². The van der Waals surface area contributed by atoms with Crippen molar-refractivity contribution in [1.82, 2.24) is 0 Å². The normalized spacial score (nSPS) is 10.8. The van der Waals surface area contributed by atoms with Gasteiger partial charge in [-0.05, 0) is 24.3 Å². The Morgan fingerprint density at radius 1 is 0.947 bits per heavy atom. The lowest BCUT2D eigenvalue weighted by Gasteiger charge is -2.04. The molecule has 2 aromatic carbocycles. The molecule has 0 saturated carbocycles. The highest BCUT2D eigenvalue weighted by atomic mass is 35.5. The monoisotopic (exact) mass is 290 g/mol. The predicted octanol–water partition coefficient (Wildman–Crippen LogP) is 4.77. The van der Waals surface area contributed by atoms with E-state index in [1.54, 1.807) is 30.3 Å². The summed E-state index contributed by atoms with van der Waals surface area (Å²) in [7, 11) is 0. The molecule has 2 nitrogen and oxygen atoms in total. The van der Waals surface area contributed by atoms with Gasteiger partial charge in [0.15, 0.2) is 0 Å². The summed E-state index contributed by atoms with van der Waals surface area (Å²) in [5.74, 6) is 0. The topological polar surface area (TPSA) is 30.2 Å². The van der Waals surface area contributed by atoms with Crippen molar-refractivity contribution in [2.45, 2.75) is 0 Å². The molecule has 0 radical (unpaired) electrons. The Labute approximate surface area is 119 Å². The SMILES string of the molecule is O=c1c(-c2ccccc2Cl)coc2ccc(Cl)cc12. The Kier molecular flexibility index (Phi) is 3.05. The van der Waals surface area contributed by atoms with Crippen LogP contribution in [0.5, 0.6) is 0 Å². The fourth-order valence-corrected chi connectivity index (χ4v) is 2.38. The maximum Gasteiger partial charge on any atom is 0.200 e. The smallest absolute Gasteiger partial charge is 0.200 e. The highest BCUT2D eigenvalue weighted by Crippen LogP contribution is 2.27. The molecule has 94 valence electrons. The molecule has 0 aliphatic rings. The maximum atomic E-state index is 12.5. The molecule has 1 heterocycles. The lowest BCUT2D eigenvalue weighted by Crippen LogP contribution is -2.04. The van der Waals surface area contributed by atoms with Gasteiger partial charge >= 0.3 is 0 Å². The third-order valence-electron chi connectivity index (χ3n) is 2.90. The summed E-state index contributed by atoms with van der Waals surface area (Å²) in [4.78, 5) is 12.5. The molecule has 4 heteroatoms. The van der Waals surface area contributed by atoms with E-state index >= 15 is 0 Å². The van der Waals surface area contributed by atoms with Gasteiger partial charge in [0.25, 0.3) is 0 Å². The van der Waals surface area contributed by atoms with Gasteiger partial charge < -0.3 is 4.42 Å². The lowest BCUT2D eigenvalue weighted by molar-refractivity contribution is 0.604. The van der Waals surface area contributed by atoms with E-state index in [0.717, 1.165) is 0 Å². The molecule has 0 aliphatic heterocycles. The van der Waals surface area contributed by atoms with Gasteiger partial charge in [-0.2, -0.15) is 0 Å². The second-order valence-electron chi connectivity index (χ2n) is 4.10. The van der Waals surface area contributed by atoms with Crippen molar-refractivity contribution in [2.75, 3.05) is 0 Å². The summed E-state index contributed by atoms with van der Waals surface area (Å²) < 4.78 is 5.47. The predicted molar refractivity (Wildman–Crippen MR) is 77.9 cm³/mol. The van der Waals surface area contributed by atoms with E-state index < -0.39 is 0 Å². The van der Waals surface area contributed by atoms with Gasteiger partial charge in [0.2, 0.25) is 5.43 Å². The highest BCUT2D eigenvalue weighted by Gasteiger charge is 2.11. The first-order valence-corrected chi connectivity index (χ1v) is 6.38. The van der Waals surface area contributed by atoms with Gasteiger partial charge in [0.05, 0.1) is 10.9 Å². The van der Waals surface area contributed by atoms with Crippen molar-refractivity contribution in [1.29, 1.82) is 0 Å². The van der Waals surface area contributed by atoms with E-state index in [1.165, 1.54) is 6.26 Å². The number of hydrogen-bond acceptors (Lipinski definition) is 2. The second kappa shape index (κ2) is 4.72. The molecular formula is C15H8Cl2O2. The van der Waals surface area contributed by atoms with Gasteiger partial charge in [-0.25, -0.2) is 0 Å². The van der Waals surface area contributed by atoms with E-state index in [0.29, 0.717) is 32.1 Å². The molecule has 3 aromatic rings. The molecule has 19 heavy (non-hydrogen) atoms. The zero-order chi connectivity index (χ0) is 13.4. The third-order valence-corrected chi connectivity index (χ3v) is 3.46. The second-order valence-corrected chi connectivity index (χ2v) is 4.94. The average Bonchev–Trinajstić information content (AvgIpc) is 2.41. The van der Waals surface area contributed by atoms with E-state index in [-0.39, 0.29) is 5.43 Å². The minimum Gasteiger partial charge on any atom is -0.463 e. The van der Waals surface area contributed by atoms with Crippen LogP contribution in [0.1, 0.15) is 0 Å². The van der Waals surface area contributed by atoms with Crippen LogP contribution in [0.15, 0.2) is 57.9 Å². The maximum absolute atomic E-state index is 12.5. The molecule has 0 fully saturated rings. The molecule has 0 bridgehead atoms. The average molecular weight is 291 g/mol. The molecule has 0 atom stereocenters. The summed E-state index contributed by atoms with van der Waals surface area (Å²) in [6, 6.07) is 12.1. The third kappa shape index (κ3) is 2.14. The summed E-state index contributed by atoms with van der Waals surface area (Å²) in [6.45, 7) is 0. The van der Waals surface area contributed by atoms with Crippen LogP contribution in [0.3, 0.4) is 0 Å². The molecular weight excluding hydrogens is 283 g/mol. The molecule has 0 N–H and O–H groups in total.